The molecule has 1 aromatic heterocycles. The number of rotatable bonds is 4. The molecule has 282 valence electrons. The number of furan rings is 1. The van der Waals surface area contributed by atoms with Crippen molar-refractivity contribution >= 4 is 60.5 Å². The molecule has 0 bridgehead atoms. The molecule has 0 saturated heterocycles. The van der Waals surface area contributed by atoms with E-state index in [-0.39, 0.29) is 32.5 Å². The molecule has 0 saturated carbocycles. The van der Waals surface area contributed by atoms with Crippen LogP contribution >= 0.6 is 16.4 Å². The predicted molar refractivity (Wildman–Crippen MR) is 242 cm³/mol. The summed E-state index contributed by atoms with van der Waals surface area (Å²) in [4.78, 5) is 0. The van der Waals surface area contributed by atoms with Crippen LogP contribution in [-0.2, 0) is 32.5 Å². The van der Waals surface area contributed by atoms with Gasteiger partial charge in [0.05, 0.1) is 0 Å². The third-order valence-electron chi connectivity index (χ3n) is 10.4. The Morgan fingerprint density at radius 3 is 0.925 bits per heavy atom. The Hall–Kier alpha value is -2.98. The van der Waals surface area contributed by atoms with Crippen molar-refractivity contribution in [2.75, 3.05) is 0 Å². The van der Waals surface area contributed by atoms with Gasteiger partial charge in [0, 0.05) is 32.5 Å². The van der Waals surface area contributed by atoms with E-state index in [2.05, 4.69) is 197 Å². The third-order valence-corrected chi connectivity index (χ3v) is 12.7. The predicted octanol–water partition coefficient (Wildman–Crippen LogP) is 14.2. The molecular weight excluding hydrogens is 678 g/mol. The summed E-state index contributed by atoms with van der Waals surface area (Å²) in [5.74, 6) is 4.76. The molecule has 0 unspecified atom stereocenters. The lowest BCUT2D eigenvalue weighted by Gasteiger charge is -2.32. The van der Waals surface area contributed by atoms with E-state index < -0.39 is 0 Å². The van der Waals surface area contributed by atoms with Gasteiger partial charge in [-0.25, -0.2) is 0 Å². The van der Waals surface area contributed by atoms with Crippen molar-refractivity contribution < 1.29 is 4.42 Å². The number of fused-ring (bicyclic) bond motifs is 3. The fourth-order valence-electron chi connectivity index (χ4n) is 7.04. The van der Waals surface area contributed by atoms with Crippen molar-refractivity contribution in [2.45, 2.75) is 157 Å². The molecule has 53 heavy (non-hydrogen) atoms. The van der Waals surface area contributed by atoms with Crippen molar-refractivity contribution in [3.8, 4) is 0 Å². The average Bonchev–Trinajstić information content (AvgIpc) is 3.39. The third kappa shape index (κ3) is 8.79. The number of benzene rings is 4. The summed E-state index contributed by atoms with van der Waals surface area (Å²) in [7, 11) is 2.37. The van der Waals surface area contributed by atoms with Gasteiger partial charge in [-0.3, -0.25) is 0 Å². The molecule has 0 spiro atoms. The molecule has 0 fully saturated rings. The van der Waals surface area contributed by atoms with Gasteiger partial charge in [-0.2, -0.15) is 0 Å². The quantitative estimate of drug-likeness (QED) is 0.167. The molecule has 3 heteroatoms. The maximum absolute atomic E-state index is 6.94. The smallest absolute Gasteiger partial charge is 0.143 e. The molecule has 0 N–H and O–H groups in total. The second-order valence-electron chi connectivity index (χ2n) is 21.4. The largest absolute Gasteiger partial charge is 0.455 e. The molecule has 4 aromatic carbocycles. The minimum absolute atomic E-state index is 0.0134. The highest BCUT2D eigenvalue weighted by Gasteiger charge is 2.30. The molecule has 5 aromatic rings. The van der Waals surface area contributed by atoms with Crippen LogP contribution in [0.5, 0.6) is 0 Å². The average molecular weight is 745 g/mol. The Bertz CT molecular complexity index is 1990. The summed E-state index contributed by atoms with van der Waals surface area (Å²) in [6, 6.07) is 23.1. The van der Waals surface area contributed by atoms with E-state index in [1.807, 2.05) is 0 Å². The Labute approximate surface area is 326 Å². The first-order valence-electron chi connectivity index (χ1n) is 19.5. The van der Waals surface area contributed by atoms with Gasteiger partial charge in [0.15, 0.2) is 0 Å². The van der Waals surface area contributed by atoms with E-state index in [0.717, 1.165) is 22.3 Å². The van der Waals surface area contributed by atoms with E-state index in [4.69, 9.17) is 4.42 Å². The van der Waals surface area contributed by atoms with Gasteiger partial charge in [-0.15, -0.1) is 0 Å². The van der Waals surface area contributed by atoms with Gasteiger partial charge in [0.2, 0.25) is 0 Å². The van der Waals surface area contributed by atoms with Crippen molar-refractivity contribution in [1.29, 1.82) is 0 Å². The Morgan fingerprint density at radius 2 is 0.679 bits per heavy atom. The van der Waals surface area contributed by atoms with Crippen LogP contribution in [0.15, 0.2) is 65.1 Å². The minimum atomic E-state index is 0.0134. The van der Waals surface area contributed by atoms with E-state index in [1.54, 1.807) is 0 Å². The maximum Gasteiger partial charge on any atom is 0.143 e. The highest BCUT2D eigenvalue weighted by atomic mass is 31.1. The van der Waals surface area contributed by atoms with E-state index in [1.165, 1.54) is 71.2 Å². The zero-order valence-electron chi connectivity index (χ0n) is 36.2. The molecule has 0 aliphatic heterocycles. The van der Waals surface area contributed by atoms with Crippen LogP contribution in [0.2, 0.25) is 0 Å². The van der Waals surface area contributed by atoms with E-state index in [9.17, 15) is 0 Å². The maximum atomic E-state index is 6.94. The first-order valence-corrected chi connectivity index (χ1v) is 21.4. The highest BCUT2D eigenvalue weighted by Crippen LogP contribution is 2.38. The molecule has 0 radical (unpaired) electrons. The standard InChI is InChI=1S/C50H66OP2/c1-45(2,3)33-25-37(47(7,8)9)43(38(26-33)48(10,11)12)52-29-31-21-19-23-35-36-24-20-22-32(42(36)51-41(31)35)30-53-44-39(49(13,14)15)27-34(46(4,5)6)28-40(44)50(16,17)18/h19-30H,1-18H3. The van der Waals surface area contributed by atoms with Crippen molar-refractivity contribution in [3.05, 3.63) is 105 Å². The van der Waals surface area contributed by atoms with Gasteiger partial charge in [0.1, 0.15) is 11.2 Å². The molecule has 0 aliphatic rings. The lowest BCUT2D eigenvalue weighted by Crippen LogP contribution is -2.29. The number of hydrogen-bond acceptors (Lipinski definition) is 1. The van der Waals surface area contributed by atoms with Crippen LogP contribution in [0, 0.1) is 0 Å². The van der Waals surface area contributed by atoms with Gasteiger partial charge in [-0.1, -0.05) is 202 Å². The molecule has 1 nitrogen and oxygen atoms in total. The molecule has 0 aliphatic carbocycles. The summed E-state index contributed by atoms with van der Waals surface area (Å²) in [5, 5.41) is 5.18. The highest BCUT2D eigenvalue weighted by molar-refractivity contribution is 7.48. The summed E-state index contributed by atoms with van der Waals surface area (Å²) in [6.07, 6.45) is 0. The first kappa shape index (κ1) is 41.2. The van der Waals surface area contributed by atoms with Crippen LogP contribution in [-0.4, -0.2) is 11.6 Å². The summed E-state index contributed by atoms with van der Waals surface area (Å²) < 4.78 is 6.94. The van der Waals surface area contributed by atoms with Gasteiger partial charge < -0.3 is 4.42 Å². The molecule has 1 heterocycles. The first-order chi connectivity index (χ1) is 24.1. The van der Waals surface area contributed by atoms with Gasteiger partial charge in [0.25, 0.3) is 0 Å². The van der Waals surface area contributed by atoms with Crippen molar-refractivity contribution in [3.63, 3.8) is 0 Å². The number of hydrogen-bond donors (Lipinski definition) is 0. The van der Waals surface area contributed by atoms with E-state index >= 15 is 0 Å². The summed E-state index contributed by atoms with van der Waals surface area (Å²) in [6.45, 7) is 42.2. The van der Waals surface area contributed by atoms with Crippen LogP contribution in [0.1, 0.15) is 169 Å². The lowest BCUT2D eigenvalue weighted by molar-refractivity contribution is 0.553. The lowest BCUT2D eigenvalue weighted by atomic mass is 9.75. The number of para-hydroxylation sites is 2. The van der Waals surface area contributed by atoms with Crippen LogP contribution in [0.4, 0.5) is 0 Å². The Kier molecular flexibility index (Phi) is 10.8. The fourth-order valence-corrected chi connectivity index (χ4v) is 10.1. The van der Waals surface area contributed by atoms with Crippen LogP contribution < -0.4 is 10.6 Å². The van der Waals surface area contributed by atoms with E-state index in [0.29, 0.717) is 0 Å². The zero-order chi connectivity index (χ0) is 39.7. The second kappa shape index (κ2) is 13.9. The Balaban J connectivity index is 1.70. The molecule has 5 rings (SSSR count). The fraction of sp³-hybridized carbons (Fsp3) is 0.480. The molecular formula is C50H66OP2. The van der Waals surface area contributed by atoms with Gasteiger partial charge in [-0.05, 0) is 77.5 Å². The summed E-state index contributed by atoms with van der Waals surface area (Å²) in [5.41, 5.74) is 13.0. The minimum Gasteiger partial charge on any atom is -0.455 e. The SMILES string of the molecule is CC(C)(C)c1cc(C(C)(C)C)c(P=Cc2cccc3c2oc2c(C=Pc4c(C(C)(C)C)cc(C(C)(C)C)cc4C(C)(C)C)cccc23)c(C(C)(C)C)c1. The monoisotopic (exact) mass is 744 g/mol. The zero-order valence-corrected chi connectivity index (χ0v) is 38.0. The second-order valence-corrected chi connectivity index (χ2v) is 23.3. The van der Waals surface area contributed by atoms with Crippen LogP contribution in [0.3, 0.4) is 0 Å². The van der Waals surface area contributed by atoms with Crippen molar-refractivity contribution in [1.82, 2.24) is 0 Å². The molecule has 0 amide bonds. The van der Waals surface area contributed by atoms with Gasteiger partial charge >= 0.3 is 0 Å². The van der Waals surface area contributed by atoms with Crippen LogP contribution in [0.25, 0.3) is 21.9 Å². The topological polar surface area (TPSA) is 13.1 Å². The Morgan fingerprint density at radius 1 is 0.396 bits per heavy atom. The van der Waals surface area contributed by atoms with Crippen molar-refractivity contribution in [2.24, 2.45) is 0 Å². The normalized spacial score (nSPS) is 14.1. The molecule has 0 atom stereocenters. The summed E-state index contributed by atoms with van der Waals surface area (Å²) >= 11 is 0.